The molecular formula is C20H21N3O4. The number of benzene rings is 2. The average molecular weight is 367 g/mol. The molecule has 0 bridgehead atoms. The summed E-state index contributed by atoms with van der Waals surface area (Å²) in [6, 6.07) is 14.5. The normalized spacial score (nSPS) is 12.0. The molecule has 140 valence electrons. The first-order valence-electron chi connectivity index (χ1n) is 8.68. The smallest absolute Gasteiger partial charge is 0.329 e. The van der Waals surface area contributed by atoms with Crippen LogP contribution in [0.4, 0.5) is 0 Å². The number of aromatic amines is 1. The molecule has 0 radical (unpaired) electrons. The minimum atomic E-state index is -1.06. The van der Waals surface area contributed by atoms with E-state index in [-0.39, 0.29) is 0 Å². The molecule has 0 fully saturated rings. The number of methoxy groups -OCH3 is 1. The van der Waals surface area contributed by atoms with Gasteiger partial charge in [0.15, 0.2) is 0 Å². The SMILES string of the molecule is COCCCNC(=O)[C@H](c1ccccc1)n1c(=O)[nH]c2ccccc2c1=O. The topological polar surface area (TPSA) is 93.2 Å². The highest BCUT2D eigenvalue weighted by Gasteiger charge is 2.26. The van der Waals surface area contributed by atoms with Crippen LogP contribution in [0.25, 0.3) is 10.9 Å². The van der Waals surface area contributed by atoms with Crippen molar-refractivity contribution in [2.75, 3.05) is 20.3 Å². The number of amides is 1. The number of carbonyl (C=O) groups is 1. The molecule has 0 saturated heterocycles. The zero-order chi connectivity index (χ0) is 19.2. The summed E-state index contributed by atoms with van der Waals surface area (Å²) in [4.78, 5) is 41.2. The number of fused-ring (bicyclic) bond motifs is 1. The lowest BCUT2D eigenvalue weighted by atomic mass is 10.1. The Labute approximate surface area is 155 Å². The molecule has 1 heterocycles. The van der Waals surface area contributed by atoms with Crippen LogP contribution in [0.2, 0.25) is 0 Å². The predicted molar refractivity (Wildman–Crippen MR) is 103 cm³/mol. The van der Waals surface area contributed by atoms with Gasteiger partial charge in [0.25, 0.3) is 5.56 Å². The first kappa shape index (κ1) is 18.6. The van der Waals surface area contributed by atoms with Gasteiger partial charge >= 0.3 is 5.69 Å². The van der Waals surface area contributed by atoms with Crippen LogP contribution in [0.3, 0.4) is 0 Å². The van der Waals surface area contributed by atoms with Gasteiger partial charge in [0, 0.05) is 20.3 Å². The molecule has 1 aromatic heterocycles. The third kappa shape index (κ3) is 3.98. The van der Waals surface area contributed by atoms with Crippen LogP contribution < -0.4 is 16.6 Å². The Morgan fingerprint density at radius 3 is 2.56 bits per heavy atom. The van der Waals surface area contributed by atoms with Crippen molar-refractivity contribution >= 4 is 16.8 Å². The highest BCUT2D eigenvalue weighted by Crippen LogP contribution is 2.16. The second-order valence-electron chi connectivity index (χ2n) is 6.10. The van der Waals surface area contributed by atoms with Gasteiger partial charge in [-0.15, -0.1) is 0 Å². The van der Waals surface area contributed by atoms with Crippen molar-refractivity contribution in [2.24, 2.45) is 0 Å². The number of carbonyl (C=O) groups excluding carboxylic acids is 1. The van der Waals surface area contributed by atoms with Crippen molar-refractivity contribution in [1.29, 1.82) is 0 Å². The van der Waals surface area contributed by atoms with Crippen molar-refractivity contribution in [3.05, 3.63) is 81.0 Å². The Kier molecular flexibility index (Phi) is 5.83. The van der Waals surface area contributed by atoms with Crippen LogP contribution in [0, 0.1) is 0 Å². The number of H-pyrrole nitrogens is 1. The monoisotopic (exact) mass is 367 g/mol. The first-order valence-corrected chi connectivity index (χ1v) is 8.68. The van der Waals surface area contributed by atoms with Crippen LogP contribution in [0.5, 0.6) is 0 Å². The highest BCUT2D eigenvalue weighted by atomic mass is 16.5. The van der Waals surface area contributed by atoms with Gasteiger partial charge < -0.3 is 15.0 Å². The van der Waals surface area contributed by atoms with Gasteiger partial charge in [-0.25, -0.2) is 9.36 Å². The summed E-state index contributed by atoms with van der Waals surface area (Å²) in [7, 11) is 1.59. The summed E-state index contributed by atoms with van der Waals surface area (Å²) >= 11 is 0. The van der Waals surface area contributed by atoms with Crippen molar-refractivity contribution in [3.8, 4) is 0 Å². The third-order valence-electron chi connectivity index (χ3n) is 4.28. The van der Waals surface area contributed by atoms with E-state index in [1.54, 1.807) is 55.6 Å². The van der Waals surface area contributed by atoms with Crippen LogP contribution in [0.1, 0.15) is 18.0 Å². The third-order valence-corrected chi connectivity index (χ3v) is 4.28. The van der Waals surface area contributed by atoms with Crippen LogP contribution >= 0.6 is 0 Å². The zero-order valence-corrected chi connectivity index (χ0v) is 15.0. The highest BCUT2D eigenvalue weighted by molar-refractivity contribution is 5.84. The minimum Gasteiger partial charge on any atom is -0.385 e. The second kappa shape index (κ2) is 8.46. The van der Waals surface area contributed by atoms with Gasteiger partial charge in [-0.1, -0.05) is 42.5 Å². The number of ether oxygens (including phenoxy) is 1. The fourth-order valence-electron chi connectivity index (χ4n) is 2.99. The summed E-state index contributed by atoms with van der Waals surface area (Å²) in [6.45, 7) is 0.892. The molecule has 0 aliphatic rings. The molecule has 3 aromatic rings. The number of para-hydroxylation sites is 1. The molecule has 1 atom stereocenters. The molecule has 2 aromatic carbocycles. The summed E-state index contributed by atoms with van der Waals surface area (Å²) in [5.74, 6) is -0.416. The van der Waals surface area contributed by atoms with Gasteiger partial charge in [-0.3, -0.25) is 9.59 Å². The molecule has 0 aliphatic carbocycles. The van der Waals surface area contributed by atoms with Gasteiger partial charge in [-0.2, -0.15) is 0 Å². The maximum absolute atomic E-state index is 13.0. The van der Waals surface area contributed by atoms with E-state index in [1.807, 2.05) is 6.07 Å². The number of aromatic nitrogens is 2. The Bertz CT molecular complexity index is 1040. The van der Waals surface area contributed by atoms with Crippen LogP contribution in [-0.2, 0) is 9.53 Å². The van der Waals surface area contributed by atoms with Crippen molar-refractivity contribution in [2.45, 2.75) is 12.5 Å². The van der Waals surface area contributed by atoms with Gasteiger partial charge in [0.05, 0.1) is 10.9 Å². The van der Waals surface area contributed by atoms with Crippen LogP contribution in [-0.4, -0.2) is 35.7 Å². The maximum atomic E-state index is 13.0. The molecule has 7 heteroatoms. The van der Waals surface area contributed by atoms with E-state index >= 15 is 0 Å². The lowest BCUT2D eigenvalue weighted by Crippen LogP contribution is -2.45. The molecule has 0 unspecified atom stereocenters. The van der Waals surface area contributed by atoms with E-state index in [9.17, 15) is 14.4 Å². The summed E-state index contributed by atoms with van der Waals surface area (Å²) in [5, 5.41) is 3.14. The van der Waals surface area contributed by atoms with E-state index in [2.05, 4.69) is 10.3 Å². The van der Waals surface area contributed by atoms with E-state index in [1.165, 1.54) is 0 Å². The molecule has 3 rings (SSSR count). The van der Waals surface area contributed by atoms with E-state index in [0.29, 0.717) is 36.0 Å². The summed E-state index contributed by atoms with van der Waals surface area (Å²) in [6.07, 6.45) is 0.632. The molecule has 0 aliphatic heterocycles. The summed E-state index contributed by atoms with van der Waals surface area (Å²) in [5.41, 5.74) is -0.129. The largest absolute Gasteiger partial charge is 0.385 e. The van der Waals surface area contributed by atoms with Crippen LogP contribution in [0.15, 0.2) is 64.2 Å². The quantitative estimate of drug-likeness (QED) is 0.618. The Morgan fingerprint density at radius 1 is 1.11 bits per heavy atom. The molecule has 27 heavy (non-hydrogen) atoms. The van der Waals surface area contributed by atoms with E-state index in [4.69, 9.17) is 4.74 Å². The lowest BCUT2D eigenvalue weighted by molar-refractivity contribution is -0.123. The van der Waals surface area contributed by atoms with Crippen molar-refractivity contribution in [1.82, 2.24) is 14.9 Å². The number of hydrogen-bond acceptors (Lipinski definition) is 4. The Hall–Kier alpha value is -3.19. The Morgan fingerprint density at radius 2 is 1.81 bits per heavy atom. The molecule has 7 nitrogen and oxygen atoms in total. The average Bonchev–Trinajstić information content (AvgIpc) is 2.69. The first-order chi connectivity index (χ1) is 13.1. The minimum absolute atomic E-state index is 0.352. The molecule has 1 amide bonds. The van der Waals surface area contributed by atoms with Crippen molar-refractivity contribution in [3.63, 3.8) is 0 Å². The second-order valence-corrected chi connectivity index (χ2v) is 6.10. The number of rotatable bonds is 7. The number of nitrogens with one attached hydrogen (secondary N) is 2. The van der Waals surface area contributed by atoms with Gasteiger partial charge in [0.1, 0.15) is 6.04 Å². The maximum Gasteiger partial charge on any atom is 0.329 e. The molecule has 0 saturated carbocycles. The number of nitrogens with zero attached hydrogens (tertiary/aromatic N) is 1. The zero-order valence-electron chi connectivity index (χ0n) is 15.0. The molecule has 2 N–H and O–H groups in total. The standard InChI is InChI=1S/C20H21N3O4/c1-27-13-7-12-21-18(24)17(14-8-3-2-4-9-14)23-19(25)15-10-5-6-11-16(15)22-20(23)26/h2-6,8-11,17H,7,12-13H2,1H3,(H,21,24)(H,22,26)/t17-/m0/s1. The fraction of sp³-hybridized carbons (Fsp3) is 0.250. The summed E-state index contributed by atoms with van der Waals surface area (Å²) < 4.78 is 5.95. The van der Waals surface area contributed by atoms with Gasteiger partial charge in [-0.05, 0) is 24.1 Å². The predicted octanol–water partition coefficient (Wildman–Crippen LogP) is 1.43. The number of hydrogen-bond donors (Lipinski definition) is 2. The Balaban J connectivity index is 2.09. The molecular weight excluding hydrogens is 346 g/mol. The van der Waals surface area contributed by atoms with Crippen molar-refractivity contribution < 1.29 is 9.53 Å². The fourth-order valence-corrected chi connectivity index (χ4v) is 2.99. The van der Waals surface area contributed by atoms with Gasteiger partial charge in [0.2, 0.25) is 5.91 Å². The van der Waals surface area contributed by atoms with E-state index < -0.39 is 23.2 Å². The lowest BCUT2D eigenvalue weighted by Gasteiger charge is -2.19. The van der Waals surface area contributed by atoms with E-state index in [0.717, 1.165) is 4.57 Å². The molecule has 0 spiro atoms.